The number of hydrogen-bond donors (Lipinski definition) is 1. The summed E-state index contributed by atoms with van der Waals surface area (Å²) in [4.78, 5) is 12.3. The van der Waals surface area contributed by atoms with Gasteiger partial charge in [-0.25, -0.2) is 0 Å². The van der Waals surface area contributed by atoms with Crippen molar-refractivity contribution in [1.29, 1.82) is 0 Å². The van der Waals surface area contributed by atoms with E-state index in [-0.39, 0.29) is 18.0 Å². The van der Waals surface area contributed by atoms with Crippen molar-refractivity contribution in [2.24, 2.45) is 0 Å². The molecule has 1 amide bonds. The van der Waals surface area contributed by atoms with E-state index in [2.05, 4.69) is 5.32 Å². The number of ether oxygens (including phenoxy) is 2. The molecule has 0 saturated heterocycles. The lowest BCUT2D eigenvalue weighted by molar-refractivity contribution is -0.139. The van der Waals surface area contributed by atoms with Gasteiger partial charge >= 0.3 is 6.18 Å². The van der Waals surface area contributed by atoms with Crippen LogP contribution in [0.4, 0.5) is 18.9 Å². The van der Waals surface area contributed by atoms with Gasteiger partial charge in [0.05, 0.1) is 12.2 Å². The summed E-state index contributed by atoms with van der Waals surface area (Å²) < 4.78 is 49.5. The molecule has 130 valence electrons. The van der Waals surface area contributed by atoms with Gasteiger partial charge in [-0.3, -0.25) is 4.79 Å². The van der Waals surface area contributed by atoms with Crippen molar-refractivity contribution in [2.75, 3.05) is 19.0 Å². The first-order valence-corrected chi connectivity index (χ1v) is 7.38. The third-order valence-electron chi connectivity index (χ3n) is 3.50. The second kappa shape index (κ2) is 7.68. The maximum Gasteiger partial charge on any atom is 0.420 e. The van der Waals surface area contributed by atoms with Crippen LogP contribution in [0.15, 0.2) is 18.2 Å². The van der Waals surface area contributed by atoms with Gasteiger partial charge in [0, 0.05) is 12.8 Å². The number of hydrogen-bond acceptors (Lipinski definition) is 3. The summed E-state index contributed by atoms with van der Waals surface area (Å²) >= 11 is 0. The SMILES string of the molecule is CCC[C@@](C)(OC)C(=O)Nc1ccc(OCC)c(C(F)(F)F)c1. The Morgan fingerprint density at radius 2 is 1.91 bits per heavy atom. The number of anilines is 1. The third kappa shape index (κ3) is 4.86. The van der Waals surface area contributed by atoms with Gasteiger partial charge in [0.15, 0.2) is 0 Å². The van der Waals surface area contributed by atoms with Crippen molar-refractivity contribution in [3.05, 3.63) is 23.8 Å². The Bertz CT molecular complexity index is 546. The van der Waals surface area contributed by atoms with Crippen LogP contribution >= 0.6 is 0 Å². The summed E-state index contributed by atoms with van der Waals surface area (Å²) in [7, 11) is 1.40. The second-order valence-corrected chi connectivity index (χ2v) is 5.28. The van der Waals surface area contributed by atoms with Gasteiger partial charge < -0.3 is 14.8 Å². The first-order chi connectivity index (χ1) is 10.7. The van der Waals surface area contributed by atoms with E-state index in [4.69, 9.17) is 9.47 Å². The largest absolute Gasteiger partial charge is 0.493 e. The number of benzene rings is 1. The molecule has 0 aromatic heterocycles. The fraction of sp³-hybridized carbons (Fsp3) is 0.562. The molecule has 0 fully saturated rings. The van der Waals surface area contributed by atoms with Crippen molar-refractivity contribution in [3.63, 3.8) is 0 Å². The highest BCUT2D eigenvalue weighted by Crippen LogP contribution is 2.38. The molecule has 0 heterocycles. The Morgan fingerprint density at radius 1 is 1.26 bits per heavy atom. The maximum atomic E-state index is 13.1. The number of rotatable bonds is 7. The van der Waals surface area contributed by atoms with Crippen LogP contribution in [0.2, 0.25) is 0 Å². The van der Waals surface area contributed by atoms with Crippen molar-refractivity contribution in [3.8, 4) is 5.75 Å². The number of halogens is 3. The van der Waals surface area contributed by atoms with Crippen LogP contribution in [-0.2, 0) is 15.7 Å². The summed E-state index contributed by atoms with van der Waals surface area (Å²) in [5.74, 6) is -0.750. The maximum absolute atomic E-state index is 13.1. The normalized spacial score (nSPS) is 14.2. The second-order valence-electron chi connectivity index (χ2n) is 5.28. The van der Waals surface area contributed by atoms with E-state index < -0.39 is 23.2 Å². The van der Waals surface area contributed by atoms with Crippen LogP contribution < -0.4 is 10.1 Å². The number of amides is 1. The lowest BCUT2D eigenvalue weighted by Crippen LogP contribution is -2.41. The quantitative estimate of drug-likeness (QED) is 0.811. The van der Waals surface area contributed by atoms with Gasteiger partial charge in [-0.1, -0.05) is 13.3 Å². The minimum atomic E-state index is -4.57. The van der Waals surface area contributed by atoms with E-state index >= 15 is 0 Å². The van der Waals surface area contributed by atoms with Crippen LogP contribution in [-0.4, -0.2) is 25.2 Å². The molecular weight excluding hydrogens is 311 g/mol. The lowest BCUT2D eigenvalue weighted by Gasteiger charge is -2.26. The molecular formula is C16H22F3NO3. The molecule has 0 aliphatic carbocycles. The van der Waals surface area contributed by atoms with Crippen LogP contribution in [0.5, 0.6) is 5.75 Å². The van der Waals surface area contributed by atoms with Gasteiger partial charge in [-0.15, -0.1) is 0 Å². The molecule has 1 atom stereocenters. The topological polar surface area (TPSA) is 47.6 Å². The van der Waals surface area contributed by atoms with E-state index in [9.17, 15) is 18.0 Å². The highest BCUT2D eigenvalue weighted by atomic mass is 19.4. The summed E-state index contributed by atoms with van der Waals surface area (Å²) in [6.07, 6.45) is -3.41. The van der Waals surface area contributed by atoms with Crippen molar-refractivity contribution >= 4 is 11.6 Å². The fourth-order valence-corrected chi connectivity index (χ4v) is 2.16. The van der Waals surface area contributed by atoms with Crippen LogP contribution in [0.1, 0.15) is 39.2 Å². The summed E-state index contributed by atoms with van der Waals surface area (Å²) in [5, 5.41) is 2.48. The fourth-order valence-electron chi connectivity index (χ4n) is 2.16. The smallest absolute Gasteiger partial charge is 0.420 e. The van der Waals surface area contributed by atoms with E-state index in [1.807, 2.05) is 6.92 Å². The molecule has 4 nitrogen and oxygen atoms in total. The molecule has 0 spiro atoms. The Hall–Kier alpha value is -1.76. The van der Waals surface area contributed by atoms with E-state index in [0.717, 1.165) is 6.07 Å². The van der Waals surface area contributed by atoms with Gasteiger partial charge in [0.2, 0.25) is 0 Å². The zero-order chi connectivity index (χ0) is 17.7. The summed E-state index contributed by atoms with van der Waals surface area (Å²) in [5.41, 5.74) is -1.97. The molecule has 0 bridgehead atoms. The van der Waals surface area contributed by atoms with Crippen LogP contribution in [0.25, 0.3) is 0 Å². The molecule has 1 rings (SSSR count). The third-order valence-corrected chi connectivity index (χ3v) is 3.50. The van der Waals surface area contributed by atoms with Gasteiger partial charge in [0.1, 0.15) is 11.4 Å². The molecule has 23 heavy (non-hydrogen) atoms. The predicted molar refractivity (Wildman–Crippen MR) is 81.6 cm³/mol. The summed E-state index contributed by atoms with van der Waals surface area (Å²) in [6, 6.07) is 3.44. The molecule has 1 aromatic rings. The van der Waals surface area contributed by atoms with Crippen LogP contribution in [0.3, 0.4) is 0 Å². The number of nitrogens with one attached hydrogen (secondary N) is 1. The standard InChI is InChI=1S/C16H22F3NO3/c1-5-9-15(3,22-4)14(21)20-11-7-8-13(23-6-2)12(10-11)16(17,18)19/h7-8,10H,5-6,9H2,1-4H3,(H,20,21)/t15-/m1/s1. The highest BCUT2D eigenvalue weighted by molar-refractivity contribution is 5.97. The average Bonchev–Trinajstić information content (AvgIpc) is 2.48. The predicted octanol–water partition coefficient (Wildman–Crippen LogP) is 4.25. The molecule has 0 aliphatic heterocycles. The van der Waals surface area contributed by atoms with Gasteiger partial charge in [-0.05, 0) is 38.5 Å². The average molecular weight is 333 g/mol. The molecule has 7 heteroatoms. The van der Waals surface area contributed by atoms with Crippen molar-refractivity contribution < 1.29 is 27.4 Å². The summed E-state index contributed by atoms with van der Waals surface area (Å²) in [6.45, 7) is 5.21. The van der Waals surface area contributed by atoms with Gasteiger partial charge in [0.25, 0.3) is 5.91 Å². The number of carbonyl (C=O) groups excluding carboxylic acids is 1. The lowest BCUT2D eigenvalue weighted by atomic mass is 9.99. The molecule has 0 aliphatic rings. The minimum absolute atomic E-state index is 0.0464. The molecule has 0 unspecified atom stereocenters. The Morgan fingerprint density at radius 3 is 2.39 bits per heavy atom. The first-order valence-electron chi connectivity index (χ1n) is 7.38. The number of carbonyl (C=O) groups is 1. The Balaban J connectivity index is 3.08. The van der Waals surface area contributed by atoms with E-state index in [0.29, 0.717) is 12.8 Å². The van der Waals surface area contributed by atoms with Crippen LogP contribution in [0, 0.1) is 0 Å². The van der Waals surface area contributed by atoms with Crippen molar-refractivity contribution in [1.82, 2.24) is 0 Å². The zero-order valence-corrected chi connectivity index (χ0v) is 13.7. The Kier molecular flexibility index (Phi) is 6.44. The zero-order valence-electron chi connectivity index (χ0n) is 13.7. The van der Waals surface area contributed by atoms with Gasteiger partial charge in [-0.2, -0.15) is 13.2 Å². The van der Waals surface area contributed by atoms with Crippen molar-refractivity contribution in [2.45, 2.75) is 45.4 Å². The van der Waals surface area contributed by atoms with E-state index in [1.54, 1.807) is 13.8 Å². The number of methoxy groups -OCH3 is 1. The van der Waals surface area contributed by atoms with E-state index in [1.165, 1.54) is 19.2 Å². The highest BCUT2D eigenvalue weighted by Gasteiger charge is 2.36. The first kappa shape index (κ1) is 19.3. The molecule has 0 saturated carbocycles. The molecule has 0 radical (unpaired) electrons. The monoisotopic (exact) mass is 333 g/mol. The Labute approximate surface area is 134 Å². The molecule has 1 N–H and O–H groups in total. The molecule has 1 aromatic carbocycles. The minimum Gasteiger partial charge on any atom is -0.493 e. The number of alkyl halides is 3.